The SMILES string of the molecule is O=C(COC(=O)Cc1ccc2ccccc2c1)NNC(=O)C[C@H]1CCS(=O)(=O)C1. The van der Waals surface area contributed by atoms with E-state index in [2.05, 4.69) is 10.9 Å². The molecule has 2 aromatic rings. The number of benzene rings is 2. The Morgan fingerprint density at radius 2 is 1.72 bits per heavy atom. The van der Waals surface area contributed by atoms with Gasteiger partial charge >= 0.3 is 5.97 Å². The highest BCUT2D eigenvalue weighted by molar-refractivity contribution is 7.91. The molecule has 0 bridgehead atoms. The van der Waals surface area contributed by atoms with E-state index < -0.39 is 34.2 Å². The Balaban J connectivity index is 1.37. The molecule has 2 aromatic carbocycles. The Bertz CT molecular complexity index is 1030. The van der Waals surface area contributed by atoms with Crippen molar-refractivity contribution < 1.29 is 27.5 Å². The molecule has 3 rings (SSSR count). The molecule has 1 aliphatic heterocycles. The van der Waals surface area contributed by atoms with E-state index in [-0.39, 0.29) is 30.3 Å². The topological polar surface area (TPSA) is 119 Å². The lowest BCUT2D eigenvalue weighted by Crippen LogP contribution is -2.44. The molecule has 1 atom stereocenters. The van der Waals surface area contributed by atoms with E-state index in [9.17, 15) is 22.8 Å². The highest BCUT2D eigenvalue weighted by Gasteiger charge is 2.29. The molecule has 0 unspecified atom stereocenters. The Hall–Kier alpha value is -2.94. The summed E-state index contributed by atoms with van der Waals surface area (Å²) < 4.78 is 27.7. The summed E-state index contributed by atoms with van der Waals surface area (Å²) in [6.45, 7) is -0.523. The van der Waals surface area contributed by atoms with Crippen LogP contribution in [0, 0.1) is 5.92 Å². The second-order valence-corrected chi connectivity index (χ2v) is 9.32. The molecular formula is C20H22N2O6S. The largest absolute Gasteiger partial charge is 0.455 e. The summed E-state index contributed by atoms with van der Waals surface area (Å²) in [5.41, 5.74) is 5.13. The highest BCUT2D eigenvalue weighted by atomic mass is 32.2. The number of fused-ring (bicyclic) bond motifs is 1. The van der Waals surface area contributed by atoms with Crippen LogP contribution in [-0.2, 0) is 35.4 Å². The molecule has 0 radical (unpaired) electrons. The standard InChI is InChI=1S/C20H22N2O6S/c23-18(10-15-7-8-29(26,27)13-15)21-22-19(24)12-28-20(25)11-14-5-6-16-3-1-2-4-17(16)9-14/h1-6,9,15H,7-8,10-13H2,(H,21,23)(H,22,24)/t15-/m1/s1. The molecule has 1 saturated heterocycles. The maximum Gasteiger partial charge on any atom is 0.310 e. The zero-order valence-corrected chi connectivity index (χ0v) is 16.5. The molecule has 1 heterocycles. The zero-order chi connectivity index (χ0) is 20.9. The molecule has 2 N–H and O–H groups in total. The van der Waals surface area contributed by atoms with Crippen LogP contribution in [0.1, 0.15) is 18.4 Å². The third-order valence-corrected chi connectivity index (χ3v) is 6.51. The van der Waals surface area contributed by atoms with Gasteiger partial charge in [-0.25, -0.2) is 8.42 Å². The quantitative estimate of drug-likeness (QED) is 0.531. The third-order valence-electron chi connectivity index (χ3n) is 4.67. The summed E-state index contributed by atoms with van der Waals surface area (Å²) in [6.07, 6.45) is 0.484. The van der Waals surface area contributed by atoms with Gasteiger partial charge in [0.05, 0.1) is 17.9 Å². The van der Waals surface area contributed by atoms with E-state index >= 15 is 0 Å². The van der Waals surface area contributed by atoms with Gasteiger partial charge in [0.15, 0.2) is 16.4 Å². The van der Waals surface area contributed by atoms with Gasteiger partial charge in [-0.2, -0.15) is 0 Å². The maximum absolute atomic E-state index is 11.9. The second-order valence-electron chi connectivity index (χ2n) is 7.09. The Morgan fingerprint density at radius 1 is 1.00 bits per heavy atom. The van der Waals surface area contributed by atoms with Crippen LogP contribution in [-0.4, -0.2) is 44.3 Å². The smallest absolute Gasteiger partial charge is 0.310 e. The van der Waals surface area contributed by atoms with Crippen LogP contribution in [0.25, 0.3) is 10.8 Å². The van der Waals surface area contributed by atoms with Crippen LogP contribution in [0.4, 0.5) is 0 Å². The van der Waals surface area contributed by atoms with Crippen molar-refractivity contribution >= 4 is 38.4 Å². The van der Waals surface area contributed by atoms with Crippen LogP contribution in [0.15, 0.2) is 42.5 Å². The first-order valence-electron chi connectivity index (χ1n) is 9.22. The minimum absolute atomic E-state index is 0.0131. The molecule has 29 heavy (non-hydrogen) atoms. The van der Waals surface area contributed by atoms with Crippen molar-refractivity contribution in [2.75, 3.05) is 18.1 Å². The maximum atomic E-state index is 11.9. The Labute approximate surface area is 168 Å². The number of esters is 1. The number of amides is 2. The third kappa shape index (κ3) is 6.28. The highest BCUT2D eigenvalue weighted by Crippen LogP contribution is 2.21. The molecule has 1 aliphatic rings. The van der Waals surface area contributed by atoms with Gasteiger partial charge in [0.2, 0.25) is 5.91 Å². The van der Waals surface area contributed by atoms with Crippen LogP contribution >= 0.6 is 0 Å². The van der Waals surface area contributed by atoms with Crippen molar-refractivity contribution in [1.82, 2.24) is 10.9 Å². The van der Waals surface area contributed by atoms with Crippen molar-refractivity contribution in [2.24, 2.45) is 5.92 Å². The average molecular weight is 418 g/mol. The summed E-state index contributed by atoms with van der Waals surface area (Å²) in [4.78, 5) is 35.4. The number of rotatable bonds is 6. The summed E-state index contributed by atoms with van der Waals surface area (Å²) >= 11 is 0. The van der Waals surface area contributed by atoms with E-state index in [1.165, 1.54) is 0 Å². The first-order chi connectivity index (χ1) is 13.8. The molecule has 0 aromatic heterocycles. The van der Waals surface area contributed by atoms with Gasteiger partial charge < -0.3 is 4.74 Å². The number of hydrogen-bond acceptors (Lipinski definition) is 6. The molecule has 8 nitrogen and oxygen atoms in total. The van der Waals surface area contributed by atoms with Crippen LogP contribution in [0.3, 0.4) is 0 Å². The lowest BCUT2D eigenvalue weighted by atomic mass is 10.1. The van der Waals surface area contributed by atoms with Gasteiger partial charge in [-0.15, -0.1) is 0 Å². The monoisotopic (exact) mass is 418 g/mol. The van der Waals surface area contributed by atoms with Crippen molar-refractivity contribution in [1.29, 1.82) is 0 Å². The molecular weight excluding hydrogens is 396 g/mol. The zero-order valence-electron chi connectivity index (χ0n) is 15.7. The van der Waals surface area contributed by atoms with Crippen molar-refractivity contribution in [3.8, 4) is 0 Å². The van der Waals surface area contributed by atoms with Gasteiger partial charge in [0.1, 0.15) is 0 Å². The Kier molecular flexibility index (Phi) is 6.48. The van der Waals surface area contributed by atoms with Crippen LogP contribution in [0.2, 0.25) is 0 Å². The van der Waals surface area contributed by atoms with E-state index in [4.69, 9.17) is 4.74 Å². The molecule has 154 valence electrons. The fourth-order valence-electron chi connectivity index (χ4n) is 3.23. The van der Waals surface area contributed by atoms with Gasteiger partial charge in [-0.05, 0) is 28.7 Å². The molecule has 0 spiro atoms. The van der Waals surface area contributed by atoms with Gasteiger partial charge in [0.25, 0.3) is 5.91 Å². The fraction of sp³-hybridized carbons (Fsp3) is 0.350. The minimum atomic E-state index is -3.05. The molecule has 2 amide bonds. The molecule has 0 saturated carbocycles. The van der Waals surface area contributed by atoms with Gasteiger partial charge in [0, 0.05) is 6.42 Å². The first-order valence-corrected chi connectivity index (χ1v) is 11.0. The van der Waals surface area contributed by atoms with Crippen LogP contribution in [0.5, 0.6) is 0 Å². The minimum Gasteiger partial charge on any atom is -0.455 e. The van der Waals surface area contributed by atoms with Gasteiger partial charge in [-0.3, -0.25) is 25.2 Å². The van der Waals surface area contributed by atoms with Crippen molar-refractivity contribution in [2.45, 2.75) is 19.3 Å². The van der Waals surface area contributed by atoms with E-state index in [0.29, 0.717) is 6.42 Å². The summed E-state index contributed by atoms with van der Waals surface area (Å²) in [5, 5.41) is 2.07. The summed E-state index contributed by atoms with van der Waals surface area (Å²) in [5.74, 6) is -1.88. The van der Waals surface area contributed by atoms with E-state index in [1.54, 1.807) is 0 Å². The summed E-state index contributed by atoms with van der Waals surface area (Å²) in [6, 6.07) is 13.4. The molecule has 0 aliphatic carbocycles. The second kappa shape index (κ2) is 9.04. The number of hydrazine groups is 1. The lowest BCUT2D eigenvalue weighted by molar-refractivity contribution is -0.148. The van der Waals surface area contributed by atoms with E-state index in [0.717, 1.165) is 16.3 Å². The fourth-order valence-corrected chi connectivity index (χ4v) is 5.10. The number of hydrogen-bond donors (Lipinski definition) is 2. The Morgan fingerprint density at radius 3 is 2.45 bits per heavy atom. The van der Waals surface area contributed by atoms with Crippen LogP contribution < -0.4 is 10.9 Å². The predicted octanol–water partition coefficient (Wildman–Crippen LogP) is 0.898. The average Bonchev–Trinajstić information content (AvgIpc) is 3.02. The number of carbonyl (C=O) groups excluding carboxylic acids is 3. The summed E-state index contributed by atoms with van der Waals surface area (Å²) in [7, 11) is -3.05. The molecule has 9 heteroatoms. The predicted molar refractivity (Wildman–Crippen MR) is 106 cm³/mol. The lowest BCUT2D eigenvalue weighted by Gasteiger charge is -2.10. The van der Waals surface area contributed by atoms with Crippen molar-refractivity contribution in [3.63, 3.8) is 0 Å². The van der Waals surface area contributed by atoms with Crippen molar-refractivity contribution in [3.05, 3.63) is 48.0 Å². The normalized spacial score (nSPS) is 17.6. The number of sulfone groups is 1. The number of carbonyl (C=O) groups is 3. The number of ether oxygens (including phenoxy) is 1. The molecule has 1 fully saturated rings. The van der Waals surface area contributed by atoms with Gasteiger partial charge in [-0.1, -0.05) is 42.5 Å². The number of nitrogens with one attached hydrogen (secondary N) is 2. The first kappa shape index (κ1) is 20.8. The van der Waals surface area contributed by atoms with E-state index in [1.807, 2.05) is 42.5 Å².